The maximum absolute atomic E-state index is 17.2. The van der Waals surface area contributed by atoms with Crippen LogP contribution in [0.5, 0.6) is 46.0 Å². The van der Waals surface area contributed by atoms with Gasteiger partial charge in [0.2, 0.25) is 0 Å². The van der Waals surface area contributed by atoms with Crippen LogP contribution in [0.1, 0.15) is 179 Å². The number of likely N-dealkylation sites (tertiary alicyclic amines) is 2. The zero-order valence-electron chi connectivity index (χ0n) is 79.7. The van der Waals surface area contributed by atoms with Gasteiger partial charge in [0, 0.05) is 179 Å². The van der Waals surface area contributed by atoms with Gasteiger partial charge < -0.3 is 66.6 Å². The van der Waals surface area contributed by atoms with E-state index in [4.69, 9.17) is 56.8 Å². The van der Waals surface area contributed by atoms with E-state index in [0.717, 1.165) is 123 Å². The molecule has 0 saturated carbocycles. The number of carbonyl (C=O) groups excluding carboxylic acids is 6. The zero-order chi connectivity index (χ0) is 94.4. The molecule has 0 bridgehead atoms. The fourth-order valence-electron chi connectivity index (χ4n) is 22.0. The number of fused-ring (bicyclic) bond motifs is 2. The van der Waals surface area contributed by atoms with Gasteiger partial charge >= 0.3 is 0 Å². The monoisotopic (exact) mass is 1900 g/mol. The molecule has 2 aromatic heterocycles. The summed E-state index contributed by atoms with van der Waals surface area (Å²) in [6.07, 6.45) is 6.11. The molecular weight excluding hydrogens is 1790 g/mol. The van der Waals surface area contributed by atoms with Gasteiger partial charge in [-0.15, -0.1) is 22.7 Å². The van der Waals surface area contributed by atoms with E-state index in [1.165, 1.54) is 22.7 Å². The van der Waals surface area contributed by atoms with E-state index in [9.17, 15) is 0 Å². The Kier molecular flexibility index (Phi) is 24.2. The van der Waals surface area contributed by atoms with Crippen molar-refractivity contribution >= 4 is 101 Å². The molecule has 720 valence electrons. The van der Waals surface area contributed by atoms with Crippen LogP contribution in [0.3, 0.4) is 0 Å². The van der Waals surface area contributed by atoms with Gasteiger partial charge in [0.15, 0.2) is 12.1 Å². The third-order valence-electron chi connectivity index (χ3n) is 29.8. The molecule has 9 aromatic carbocycles. The average molecular weight is 1910 g/mol. The first-order valence-electron chi connectivity index (χ1n) is 49.5. The summed E-state index contributed by atoms with van der Waals surface area (Å²) in [4.78, 5) is 118. The van der Waals surface area contributed by atoms with Gasteiger partial charge in [0.25, 0.3) is 35.4 Å². The molecule has 6 amide bonds. The number of epoxide rings is 8. The molecule has 0 aliphatic carbocycles. The average Bonchev–Trinajstić information content (AvgIpc) is 1.05. The Morgan fingerprint density at radius 2 is 0.536 bits per heavy atom. The van der Waals surface area contributed by atoms with Crippen molar-refractivity contribution < 1.29 is 85.6 Å². The second-order valence-electron chi connectivity index (χ2n) is 42.7. The summed E-state index contributed by atoms with van der Waals surface area (Å²) in [5, 5.41) is 6.06. The van der Waals surface area contributed by atoms with E-state index in [1.807, 2.05) is 83.6 Å². The fraction of sp³-hybridized carbons (Fsp3) is 0.473. The molecule has 28 heteroatoms. The van der Waals surface area contributed by atoms with Gasteiger partial charge in [-0.3, -0.25) is 58.2 Å². The molecule has 12 aliphatic rings. The predicted octanol–water partition coefficient (Wildman–Crippen LogP) is 17.2. The Morgan fingerprint density at radius 3 is 0.732 bits per heavy atom. The number of benzene rings is 9. The Bertz CT molecular complexity index is 5710. The molecule has 0 N–H and O–H groups in total. The first-order chi connectivity index (χ1) is 66.7. The van der Waals surface area contributed by atoms with Crippen molar-refractivity contribution in [2.45, 2.75) is 176 Å². The van der Waals surface area contributed by atoms with Crippen molar-refractivity contribution in [3.8, 4) is 46.0 Å². The number of nitrogens with zero attached hydrogens (tertiary/aromatic N) is 8. The highest BCUT2D eigenvalue weighted by Crippen LogP contribution is 2.60. The summed E-state index contributed by atoms with van der Waals surface area (Å²) < 4.78 is 77.4. The third-order valence-corrected chi connectivity index (χ3v) is 31.6. The number of rotatable bonds is 42. The number of amides is 6. The number of imide groups is 2. The molecule has 11 aromatic rings. The van der Waals surface area contributed by atoms with Gasteiger partial charge in [-0.05, 0) is 156 Å². The Hall–Kier alpha value is -10.4. The molecule has 12 aliphatic heterocycles. The lowest BCUT2D eigenvalue weighted by Gasteiger charge is -2.38. The summed E-state index contributed by atoms with van der Waals surface area (Å²) in [7, 11) is 0. The standard InChI is InChI=1S/C110H120N8O18S2/c1-107(2,61-111(45-73-53-125-73)46-74-54-126-74)65-19-27-69(28-20-65)133-85-41-81-91-82(102(120)117(101(81)119)99(89-17-15-39-137-89)105(123)115-35-11-9-12-36-115)43-87(135-71-31-23-67(24-32-71)109(5,6)63-113(49-77-57-129-77)50-78-58-130-78)95-96-88(136-72-33-25-68(26-34-72)110(7,8)64-114(51-79-59-131-79)52-80-60-132-80)44-84-92-83(103(121)118(104(84)122)100(90-18-16-40-138-90)106(124)116-37-13-10-14-38-116)42-86(94(98(92)96)93(85)97(91)95)134-70-29-21-66(22-30-70)108(3,4)62-112(47-75-55-127-75)48-76-56-128-76/h15-34,39-44,73-80,99-100H,9-14,35-38,45-64H2,1-8H3. The van der Waals surface area contributed by atoms with E-state index >= 15 is 28.8 Å². The minimum absolute atomic E-state index is 0.0496. The molecule has 0 spiro atoms. The van der Waals surface area contributed by atoms with Crippen molar-refractivity contribution in [1.82, 2.24) is 39.2 Å². The smallest absolute Gasteiger partial charge is 0.262 e. The van der Waals surface area contributed by atoms with Gasteiger partial charge in [0.05, 0.1) is 124 Å². The number of ether oxygens (including phenoxy) is 12. The fourth-order valence-corrected chi connectivity index (χ4v) is 23.6. The van der Waals surface area contributed by atoms with E-state index in [2.05, 4.69) is 124 Å². The summed E-state index contributed by atoms with van der Waals surface area (Å²) in [6.45, 7) is 34.4. The molecule has 0 radical (unpaired) electrons. The van der Waals surface area contributed by atoms with Crippen LogP contribution < -0.4 is 18.9 Å². The Balaban J connectivity index is 0.779. The normalized spacial score (nSPS) is 22.6. The Labute approximate surface area is 811 Å². The van der Waals surface area contributed by atoms with Gasteiger partial charge in [0.1, 0.15) is 46.0 Å². The summed E-state index contributed by atoms with van der Waals surface area (Å²) in [5.41, 5.74) is 2.68. The molecule has 10 atom stereocenters. The van der Waals surface area contributed by atoms with E-state index in [-0.39, 0.29) is 117 Å². The number of hydrogen-bond donors (Lipinski definition) is 0. The van der Waals surface area contributed by atoms with Gasteiger partial charge in [-0.25, -0.2) is 0 Å². The maximum Gasteiger partial charge on any atom is 0.262 e. The topological polar surface area (TPSA) is 266 Å². The van der Waals surface area contributed by atoms with Crippen LogP contribution >= 0.6 is 22.7 Å². The largest absolute Gasteiger partial charge is 0.457 e. The molecule has 26 nitrogen and oxygen atoms in total. The minimum atomic E-state index is -1.40. The highest BCUT2D eigenvalue weighted by Gasteiger charge is 2.51. The summed E-state index contributed by atoms with van der Waals surface area (Å²) >= 11 is 2.60. The highest BCUT2D eigenvalue weighted by atomic mass is 32.1. The first-order valence-corrected chi connectivity index (χ1v) is 51.2. The molecule has 10 unspecified atom stereocenters. The zero-order valence-corrected chi connectivity index (χ0v) is 81.4. The molecule has 138 heavy (non-hydrogen) atoms. The quantitative estimate of drug-likeness (QED) is 0.0149. The van der Waals surface area contributed by atoms with Gasteiger partial charge in [-0.1, -0.05) is 116 Å². The van der Waals surface area contributed by atoms with Crippen LogP contribution in [-0.4, -0.2) is 281 Å². The lowest BCUT2D eigenvalue weighted by Crippen LogP contribution is -2.50. The lowest BCUT2D eigenvalue weighted by molar-refractivity contribution is -0.137. The summed E-state index contributed by atoms with van der Waals surface area (Å²) in [5.74, 6) is -1.75. The lowest BCUT2D eigenvalue weighted by atomic mass is 9.80. The van der Waals surface area contributed by atoms with E-state index in [1.54, 1.807) is 34.1 Å². The van der Waals surface area contributed by atoms with Crippen LogP contribution in [0.25, 0.3) is 43.1 Å². The maximum atomic E-state index is 17.2. The number of piperidine rings is 2. The number of carbonyl (C=O) groups is 6. The molecular formula is C110H120N8O18S2. The van der Waals surface area contributed by atoms with Crippen LogP contribution in [0.4, 0.5) is 0 Å². The molecule has 23 rings (SSSR count). The number of thiophene rings is 2. The SMILES string of the molecule is CC(C)(CN(CC1CO1)CC1CO1)c1ccc(Oc2cc3c4c(cc(Oc5ccc(C(C)(C)CN(CC6CO6)CC6CO6)cc5)c5c6c(Oc7ccc(C(C)(C)CN(CC8CO8)CC8CO8)cc7)cc7c8c(cc(Oc9ccc(C(C)(C)CN(CC%10CO%10)CC%10CO%10)cc9)c(c2c45)c86)C(=O)N(C(C(=O)N2CCCCC2)c2cccs2)C7=O)C(=O)N(C(C(=O)N2CCCCC2)c2cccs2)C3=O)cc1. The van der Waals surface area contributed by atoms with Gasteiger partial charge in [-0.2, -0.15) is 0 Å². The predicted molar refractivity (Wildman–Crippen MR) is 525 cm³/mol. The van der Waals surface area contributed by atoms with Crippen molar-refractivity contribution in [2.24, 2.45) is 0 Å². The molecule has 10 saturated heterocycles. The van der Waals surface area contributed by atoms with E-state index in [0.29, 0.717) is 170 Å². The van der Waals surface area contributed by atoms with Crippen LogP contribution in [0.2, 0.25) is 0 Å². The van der Waals surface area contributed by atoms with Crippen molar-refractivity contribution in [1.29, 1.82) is 0 Å². The van der Waals surface area contributed by atoms with E-state index < -0.39 is 57.4 Å². The van der Waals surface area contributed by atoms with Crippen molar-refractivity contribution in [3.63, 3.8) is 0 Å². The second kappa shape index (κ2) is 36.6. The highest BCUT2D eigenvalue weighted by molar-refractivity contribution is 7.10. The third kappa shape index (κ3) is 19.1. The van der Waals surface area contributed by atoms with Crippen LogP contribution in [-0.2, 0) is 69.1 Å². The Morgan fingerprint density at radius 1 is 0.319 bits per heavy atom. The van der Waals surface area contributed by atoms with Crippen molar-refractivity contribution in [3.05, 3.63) is 211 Å². The minimum Gasteiger partial charge on any atom is -0.457 e. The second-order valence-corrected chi connectivity index (χ2v) is 44.7. The van der Waals surface area contributed by atoms with Crippen LogP contribution in [0, 0.1) is 0 Å². The number of hydrogen-bond acceptors (Lipinski definition) is 24. The molecule has 14 heterocycles. The molecule has 10 fully saturated rings. The summed E-state index contributed by atoms with van der Waals surface area (Å²) in [6, 6.07) is 43.3. The van der Waals surface area contributed by atoms with Crippen molar-refractivity contribution in [2.75, 3.05) is 158 Å². The van der Waals surface area contributed by atoms with Crippen LogP contribution in [0.15, 0.2) is 156 Å². The first kappa shape index (κ1) is 91.4.